The largest absolute Gasteiger partial charge is 0.491 e. The highest BCUT2D eigenvalue weighted by Crippen LogP contribution is 2.36. The molecular weight excluding hydrogens is 279 g/mol. The van der Waals surface area contributed by atoms with E-state index >= 15 is 0 Å². The Morgan fingerprint density at radius 2 is 1.62 bits per heavy atom. The second kappa shape index (κ2) is 6.63. The summed E-state index contributed by atoms with van der Waals surface area (Å²) < 4.78 is 44.0. The molecule has 0 fully saturated rings. The first kappa shape index (κ1) is 15.4. The van der Waals surface area contributed by atoms with Crippen molar-refractivity contribution in [2.45, 2.75) is 12.2 Å². The van der Waals surface area contributed by atoms with E-state index in [4.69, 9.17) is 4.74 Å². The van der Waals surface area contributed by atoms with Crippen molar-refractivity contribution >= 4 is 0 Å². The van der Waals surface area contributed by atoms with Crippen molar-refractivity contribution in [3.63, 3.8) is 0 Å². The summed E-state index contributed by atoms with van der Waals surface area (Å²) in [7, 11) is 1.75. The molecule has 0 heterocycles. The van der Waals surface area contributed by atoms with Crippen molar-refractivity contribution in [3.8, 4) is 5.75 Å². The number of para-hydroxylation sites is 1. The van der Waals surface area contributed by atoms with E-state index < -0.39 is 11.7 Å². The Kier molecular flexibility index (Phi) is 4.85. The second-order valence-corrected chi connectivity index (χ2v) is 4.56. The zero-order valence-electron chi connectivity index (χ0n) is 11.5. The zero-order chi connectivity index (χ0) is 15.3. The number of alkyl halides is 3. The molecule has 0 aromatic heterocycles. The van der Waals surface area contributed by atoms with Crippen LogP contribution in [0.15, 0.2) is 54.6 Å². The summed E-state index contributed by atoms with van der Waals surface area (Å²) in [6, 6.07) is 14.5. The minimum absolute atomic E-state index is 0.119. The van der Waals surface area contributed by atoms with Gasteiger partial charge in [0.1, 0.15) is 12.4 Å². The third kappa shape index (κ3) is 3.98. The fourth-order valence-electron chi connectivity index (χ4n) is 2.03. The van der Waals surface area contributed by atoms with Crippen LogP contribution in [0.2, 0.25) is 0 Å². The molecule has 1 unspecified atom stereocenters. The van der Waals surface area contributed by atoms with E-state index in [0.29, 0.717) is 0 Å². The lowest BCUT2D eigenvalue weighted by atomic mass is 10.1. The Morgan fingerprint density at radius 3 is 2.24 bits per heavy atom. The lowest BCUT2D eigenvalue weighted by Gasteiger charge is -2.19. The molecule has 2 aromatic rings. The fraction of sp³-hybridized carbons (Fsp3) is 0.250. The number of halogens is 3. The molecule has 2 rings (SSSR count). The smallest absolute Gasteiger partial charge is 0.419 e. The van der Waals surface area contributed by atoms with Gasteiger partial charge < -0.3 is 10.1 Å². The number of benzene rings is 2. The topological polar surface area (TPSA) is 21.3 Å². The normalized spacial score (nSPS) is 13.0. The highest BCUT2D eigenvalue weighted by Gasteiger charge is 2.34. The van der Waals surface area contributed by atoms with Crippen molar-refractivity contribution in [2.75, 3.05) is 13.7 Å². The van der Waals surface area contributed by atoms with Gasteiger partial charge in [0.25, 0.3) is 0 Å². The van der Waals surface area contributed by atoms with Crippen LogP contribution < -0.4 is 10.1 Å². The SMILES string of the molecule is CNC(COc1ccccc1C(F)(F)F)c1ccccc1. The van der Waals surface area contributed by atoms with Gasteiger partial charge in [0.15, 0.2) is 0 Å². The van der Waals surface area contributed by atoms with Gasteiger partial charge in [-0.1, -0.05) is 42.5 Å². The maximum Gasteiger partial charge on any atom is 0.419 e. The Labute approximate surface area is 121 Å². The molecule has 0 radical (unpaired) electrons. The van der Waals surface area contributed by atoms with Crippen molar-refractivity contribution < 1.29 is 17.9 Å². The van der Waals surface area contributed by atoms with Gasteiger partial charge in [-0.05, 0) is 24.7 Å². The van der Waals surface area contributed by atoms with Crippen molar-refractivity contribution in [1.29, 1.82) is 0 Å². The van der Waals surface area contributed by atoms with E-state index in [0.717, 1.165) is 11.6 Å². The van der Waals surface area contributed by atoms with Gasteiger partial charge >= 0.3 is 6.18 Å². The molecule has 0 aliphatic heterocycles. The van der Waals surface area contributed by atoms with Crippen LogP contribution >= 0.6 is 0 Å². The maximum atomic E-state index is 12.9. The molecule has 21 heavy (non-hydrogen) atoms. The molecule has 0 saturated carbocycles. The molecular formula is C16H16F3NO. The lowest BCUT2D eigenvalue weighted by molar-refractivity contribution is -0.139. The highest BCUT2D eigenvalue weighted by molar-refractivity contribution is 5.35. The van der Waals surface area contributed by atoms with E-state index in [2.05, 4.69) is 5.32 Å². The molecule has 2 nitrogen and oxygen atoms in total. The fourth-order valence-corrected chi connectivity index (χ4v) is 2.03. The quantitative estimate of drug-likeness (QED) is 0.898. The first-order valence-corrected chi connectivity index (χ1v) is 6.53. The van der Waals surface area contributed by atoms with Gasteiger partial charge in [-0.25, -0.2) is 0 Å². The molecule has 0 bridgehead atoms. The molecule has 112 valence electrons. The van der Waals surface area contributed by atoms with Gasteiger partial charge in [-0.3, -0.25) is 0 Å². The first-order valence-electron chi connectivity index (χ1n) is 6.53. The summed E-state index contributed by atoms with van der Waals surface area (Å²) >= 11 is 0. The summed E-state index contributed by atoms with van der Waals surface area (Å²) in [6.45, 7) is 0.119. The third-order valence-electron chi connectivity index (χ3n) is 3.15. The summed E-state index contributed by atoms with van der Waals surface area (Å²) in [5, 5.41) is 3.04. The molecule has 0 aliphatic rings. The van der Waals surface area contributed by atoms with Crippen molar-refractivity contribution in [1.82, 2.24) is 5.32 Å². The highest BCUT2D eigenvalue weighted by atomic mass is 19.4. The van der Waals surface area contributed by atoms with Crippen LogP contribution in [-0.2, 0) is 6.18 Å². The third-order valence-corrected chi connectivity index (χ3v) is 3.15. The summed E-state index contributed by atoms with van der Waals surface area (Å²) in [4.78, 5) is 0. The Morgan fingerprint density at radius 1 is 1.00 bits per heavy atom. The number of likely N-dealkylation sites (N-methyl/N-ethyl adjacent to an activating group) is 1. The number of hydrogen-bond donors (Lipinski definition) is 1. The molecule has 2 aromatic carbocycles. The molecule has 0 spiro atoms. The van der Waals surface area contributed by atoms with Gasteiger partial charge in [-0.15, -0.1) is 0 Å². The lowest BCUT2D eigenvalue weighted by Crippen LogP contribution is -2.24. The van der Waals surface area contributed by atoms with Gasteiger partial charge in [-0.2, -0.15) is 13.2 Å². The van der Waals surface area contributed by atoms with Crippen LogP contribution in [-0.4, -0.2) is 13.7 Å². The van der Waals surface area contributed by atoms with Crippen molar-refractivity contribution in [2.24, 2.45) is 0 Å². The first-order chi connectivity index (χ1) is 10.0. The molecule has 0 amide bonds. The van der Waals surface area contributed by atoms with Crippen LogP contribution in [0, 0.1) is 0 Å². The van der Waals surface area contributed by atoms with Gasteiger partial charge in [0, 0.05) is 0 Å². The monoisotopic (exact) mass is 295 g/mol. The standard InChI is InChI=1S/C16H16F3NO/c1-20-14(12-7-3-2-4-8-12)11-21-15-10-6-5-9-13(15)16(17,18)19/h2-10,14,20H,11H2,1H3. The van der Waals surface area contributed by atoms with Crippen LogP contribution in [0.3, 0.4) is 0 Å². The summed E-state index contributed by atoms with van der Waals surface area (Å²) in [5.41, 5.74) is 0.206. The number of ether oxygens (including phenoxy) is 1. The Hall–Kier alpha value is -2.01. The predicted molar refractivity (Wildman–Crippen MR) is 75.2 cm³/mol. The van der Waals surface area contributed by atoms with Crippen LogP contribution in [0.4, 0.5) is 13.2 Å². The van der Waals surface area contributed by atoms with Crippen LogP contribution in [0.25, 0.3) is 0 Å². The average Bonchev–Trinajstić information content (AvgIpc) is 2.48. The Balaban J connectivity index is 2.13. The van der Waals surface area contributed by atoms with Gasteiger partial charge in [0.05, 0.1) is 11.6 Å². The van der Waals surface area contributed by atoms with E-state index in [1.807, 2.05) is 30.3 Å². The molecule has 0 aliphatic carbocycles. The van der Waals surface area contributed by atoms with E-state index in [9.17, 15) is 13.2 Å². The molecule has 1 atom stereocenters. The maximum absolute atomic E-state index is 12.9. The van der Waals surface area contributed by atoms with Crippen LogP contribution in [0.5, 0.6) is 5.75 Å². The summed E-state index contributed by atoms with van der Waals surface area (Å²) in [5.74, 6) is -0.152. The minimum Gasteiger partial charge on any atom is -0.491 e. The second-order valence-electron chi connectivity index (χ2n) is 4.56. The molecule has 0 saturated heterocycles. The van der Waals surface area contributed by atoms with Crippen molar-refractivity contribution in [3.05, 3.63) is 65.7 Å². The Bertz CT molecular complexity index is 569. The van der Waals surface area contributed by atoms with E-state index in [1.54, 1.807) is 7.05 Å². The van der Waals surface area contributed by atoms with E-state index in [-0.39, 0.29) is 18.4 Å². The zero-order valence-corrected chi connectivity index (χ0v) is 11.5. The molecule has 5 heteroatoms. The average molecular weight is 295 g/mol. The summed E-state index contributed by atoms with van der Waals surface area (Å²) in [6.07, 6.45) is -4.42. The number of rotatable bonds is 5. The molecule has 1 N–H and O–H groups in total. The van der Waals surface area contributed by atoms with E-state index in [1.165, 1.54) is 18.2 Å². The number of nitrogens with one attached hydrogen (secondary N) is 1. The van der Waals surface area contributed by atoms with Gasteiger partial charge in [0.2, 0.25) is 0 Å². The minimum atomic E-state index is -4.42. The van der Waals surface area contributed by atoms with Crippen LogP contribution in [0.1, 0.15) is 17.2 Å². The number of hydrogen-bond acceptors (Lipinski definition) is 2. The predicted octanol–water partition coefficient (Wildman–Crippen LogP) is 4.04.